The highest BCUT2D eigenvalue weighted by molar-refractivity contribution is 5.88. The van der Waals surface area contributed by atoms with E-state index in [-0.39, 0.29) is 5.56 Å². The SMILES string of the molecule is CCN.NCCCCCc1nnc(-c2ncccn2)nn1.O=C(O)c1ccc(-c2nncnn2)cc1. The number of carboxylic acid groups (broad SMARTS) is 1. The third kappa shape index (κ3) is 9.82. The van der Waals surface area contributed by atoms with E-state index in [2.05, 4.69) is 50.8 Å². The molecule has 0 atom stereocenters. The molecule has 3 aromatic heterocycles. The molecule has 0 aliphatic heterocycles. The Morgan fingerprint density at radius 1 is 0.806 bits per heavy atom. The monoisotopic (exact) mass is 492 g/mol. The van der Waals surface area contributed by atoms with Gasteiger partial charge in [0.25, 0.3) is 0 Å². The lowest BCUT2D eigenvalue weighted by atomic mass is 10.1. The Kier molecular flexibility index (Phi) is 12.5. The topological polar surface area (TPSA) is 218 Å². The van der Waals surface area contributed by atoms with Crippen LogP contribution >= 0.6 is 0 Å². The average Bonchev–Trinajstić information content (AvgIpc) is 2.93. The van der Waals surface area contributed by atoms with Crippen LogP contribution in [0.25, 0.3) is 23.0 Å². The first-order valence-corrected chi connectivity index (χ1v) is 11.2. The van der Waals surface area contributed by atoms with Crippen molar-refractivity contribution in [3.63, 3.8) is 0 Å². The van der Waals surface area contributed by atoms with Crippen molar-refractivity contribution in [3.05, 3.63) is 60.4 Å². The maximum Gasteiger partial charge on any atom is 0.335 e. The van der Waals surface area contributed by atoms with Gasteiger partial charge in [-0.1, -0.05) is 25.5 Å². The third-order valence-corrected chi connectivity index (χ3v) is 4.19. The largest absolute Gasteiger partial charge is 0.478 e. The van der Waals surface area contributed by atoms with Gasteiger partial charge in [0, 0.05) is 24.4 Å². The quantitative estimate of drug-likeness (QED) is 0.292. The van der Waals surface area contributed by atoms with Crippen LogP contribution in [-0.2, 0) is 6.42 Å². The van der Waals surface area contributed by atoms with Crippen molar-refractivity contribution in [3.8, 4) is 23.0 Å². The van der Waals surface area contributed by atoms with Gasteiger partial charge in [0.2, 0.25) is 17.5 Å². The zero-order valence-corrected chi connectivity index (χ0v) is 19.8. The predicted octanol–water partition coefficient (Wildman–Crippen LogP) is 0.992. The minimum absolute atomic E-state index is 0.218. The molecule has 1 aromatic carbocycles. The van der Waals surface area contributed by atoms with E-state index in [0.717, 1.165) is 38.8 Å². The fourth-order valence-corrected chi connectivity index (χ4v) is 2.54. The fourth-order valence-electron chi connectivity index (χ4n) is 2.54. The second-order valence-electron chi connectivity index (χ2n) is 6.97. The summed E-state index contributed by atoms with van der Waals surface area (Å²) >= 11 is 0. The highest BCUT2D eigenvalue weighted by Gasteiger charge is 2.06. The zero-order valence-electron chi connectivity index (χ0n) is 19.8. The second kappa shape index (κ2) is 16.2. The van der Waals surface area contributed by atoms with Crippen LogP contribution in [0, 0.1) is 0 Å². The molecule has 14 nitrogen and oxygen atoms in total. The van der Waals surface area contributed by atoms with Crippen LogP contribution in [0.15, 0.2) is 49.1 Å². The summed E-state index contributed by atoms with van der Waals surface area (Å²) in [6, 6.07) is 7.92. The summed E-state index contributed by atoms with van der Waals surface area (Å²) in [4.78, 5) is 18.7. The van der Waals surface area contributed by atoms with E-state index in [4.69, 9.17) is 16.6 Å². The van der Waals surface area contributed by atoms with Gasteiger partial charge in [0.1, 0.15) is 0 Å². The van der Waals surface area contributed by atoms with Crippen LogP contribution < -0.4 is 11.5 Å². The Hall–Kier alpha value is -4.43. The standard InChI is InChI=1S/C11H15N7.C9H6N4O2.C2H7N/c12-6-3-1-2-5-9-15-17-11(18-16-9)10-13-7-4-8-14-10;14-9(15)7-3-1-6(2-4-7)8-12-10-5-11-13-8;1-2-3/h4,7-8H,1-3,5-6,12H2;1-5H,(H,14,15);2-3H2,1H3. The van der Waals surface area contributed by atoms with E-state index in [1.165, 1.54) is 18.5 Å². The van der Waals surface area contributed by atoms with Gasteiger partial charge in [0.15, 0.2) is 12.2 Å². The number of nitrogens with zero attached hydrogens (tertiary/aromatic N) is 10. The summed E-state index contributed by atoms with van der Waals surface area (Å²) in [5.74, 6) is 0.835. The number of aromatic nitrogens is 10. The number of unbranched alkanes of at least 4 members (excludes halogenated alkanes) is 2. The molecule has 0 aliphatic carbocycles. The molecule has 3 heterocycles. The number of benzene rings is 1. The van der Waals surface area contributed by atoms with Crippen molar-refractivity contribution in [2.75, 3.05) is 13.1 Å². The first kappa shape index (κ1) is 27.8. The van der Waals surface area contributed by atoms with Gasteiger partial charge in [0.05, 0.1) is 5.56 Å². The molecule has 0 spiro atoms. The molecule has 0 saturated heterocycles. The molecule has 36 heavy (non-hydrogen) atoms. The van der Waals surface area contributed by atoms with Gasteiger partial charge in [-0.15, -0.1) is 40.8 Å². The summed E-state index contributed by atoms with van der Waals surface area (Å²) in [6.45, 7) is 3.38. The minimum atomic E-state index is -0.966. The molecule has 5 N–H and O–H groups in total. The van der Waals surface area contributed by atoms with E-state index in [0.29, 0.717) is 28.9 Å². The summed E-state index contributed by atoms with van der Waals surface area (Å²) < 4.78 is 0. The zero-order chi connectivity index (χ0) is 26.0. The molecular weight excluding hydrogens is 464 g/mol. The van der Waals surface area contributed by atoms with Crippen LogP contribution in [0.4, 0.5) is 0 Å². The van der Waals surface area contributed by atoms with E-state index < -0.39 is 5.97 Å². The summed E-state index contributed by atoms with van der Waals surface area (Å²) in [6.07, 6.45) is 8.37. The molecule has 0 radical (unpaired) electrons. The van der Waals surface area contributed by atoms with Gasteiger partial charge in [-0.05, 0) is 44.1 Å². The molecule has 4 rings (SSSR count). The lowest BCUT2D eigenvalue weighted by Crippen LogP contribution is -2.05. The van der Waals surface area contributed by atoms with Gasteiger partial charge in [-0.25, -0.2) is 14.8 Å². The maximum absolute atomic E-state index is 10.6. The molecule has 0 aliphatic rings. The van der Waals surface area contributed by atoms with Crippen molar-refractivity contribution in [1.82, 2.24) is 50.8 Å². The molecular formula is C22H28N12O2. The van der Waals surface area contributed by atoms with Crippen LogP contribution in [0.3, 0.4) is 0 Å². The number of nitrogens with two attached hydrogens (primary N) is 2. The van der Waals surface area contributed by atoms with Crippen LogP contribution in [0.2, 0.25) is 0 Å². The maximum atomic E-state index is 10.6. The van der Waals surface area contributed by atoms with Crippen molar-refractivity contribution >= 4 is 5.97 Å². The van der Waals surface area contributed by atoms with Crippen LogP contribution in [0.1, 0.15) is 42.4 Å². The lowest BCUT2D eigenvalue weighted by molar-refractivity contribution is 0.0697. The molecule has 4 aromatic rings. The normalized spacial score (nSPS) is 9.86. The number of carbonyl (C=O) groups is 1. The number of carboxylic acids is 1. The average molecular weight is 493 g/mol. The fraction of sp³-hybridized carbons (Fsp3) is 0.318. The Bertz CT molecular complexity index is 1130. The predicted molar refractivity (Wildman–Crippen MR) is 130 cm³/mol. The Morgan fingerprint density at radius 3 is 1.97 bits per heavy atom. The van der Waals surface area contributed by atoms with Crippen molar-refractivity contribution in [2.45, 2.75) is 32.6 Å². The number of aryl methyl sites for hydroxylation is 1. The molecule has 0 saturated carbocycles. The van der Waals surface area contributed by atoms with E-state index >= 15 is 0 Å². The molecule has 0 unspecified atom stereocenters. The highest BCUT2D eigenvalue weighted by Crippen LogP contribution is 2.13. The van der Waals surface area contributed by atoms with Gasteiger partial charge >= 0.3 is 5.97 Å². The highest BCUT2D eigenvalue weighted by atomic mass is 16.4. The van der Waals surface area contributed by atoms with Gasteiger partial charge in [-0.2, -0.15) is 0 Å². The van der Waals surface area contributed by atoms with Crippen molar-refractivity contribution < 1.29 is 9.90 Å². The number of aromatic carboxylic acids is 1. The van der Waals surface area contributed by atoms with Crippen molar-refractivity contribution in [2.24, 2.45) is 11.5 Å². The summed E-state index contributed by atoms with van der Waals surface area (Å²) in [5, 5.41) is 39.3. The molecule has 14 heteroatoms. The molecule has 0 bridgehead atoms. The minimum Gasteiger partial charge on any atom is -0.478 e. The van der Waals surface area contributed by atoms with Gasteiger partial charge in [-0.3, -0.25) is 0 Å². The van der Waals surface area contributed by atoms with E-state index in [1.54, 1.807) is 30.6 Å². The van der Waals surface area contributed by atoms with E-state index in [9.17, 15) is 4.79 Å². The smallest absolute Gasteiger partial charge is 0.335 e. The number of hydrogen-bond donors (Lipinski definition) is 3. The Morgan fingerprint density at radius 2 is 1.42 bits per heavy atom. The first-order chi connectivity index (χ1) is 17.6. The van der Waals surface area contributed by atoms with Crippen molar-refractivity contribution in [1.29, 1.82) is 0 Å². The molecule has 0 amide bonds. The Labute approximate surface area is 207 Å². The number of rotatable bonds is 8. The lowest BCUT2D eigenvalue weighted by Gasteiger charge is -1.99. The first-order valence-electron chi connectivity index (χ1n) is 11.2. The summed E-state index contributed by atoms with van der Waals surface area (Å²) in [7, 11) is 0. The third-order valence-electron chi connectivity index (χ3n) is 4.19. The number of hydrogen-bond acceptors (Lipinski definition) is 13. The van der Waals surface area contributed by atoms with Crippen LogP contribution in [-0.4, -0.2) is 74.9 Å². The Balaban J connectivity index is 0.000000232. The molecule has 0 fully saturated rings. The van der Waals surface area contributed by atoms with Gasteiger partial charge < -0.3 is 16.6 Å². The van der Waals surface area contributed by atoms with E-state index in [1.807, 2.05) is 6.92 Å². The summed E-state index contributed by atoms with van der Waals surface area (Å²) in [5.41, 5.74) is 11.2. The molecule has 188 valence electrons. The second-order valence-corrected chi connectivity index (χ2v) is 6.97. The van der Waals surface area contributed by atoms with Crippen LogP contribution in [0.5, 0.6) is 0 Å².